The summed E-state index contributed by atoms with van der Waals surface area (Å²) in [7, 11) is 0. The lowest BCUT2D eigenvalue weighted by molar-refractivity contribution is 0.267. The van der Waals surface area contributed by atoms with Gasteiger partial charge in [-0.2, -0.15) is 0 Å². The van der Waals surface area contributed by atoms with Gasteiger partial charge in [-0.05, 0) is 50.9 Å². The van der Waals surface area contributed by atoms with Crippen molar-refractivity contribution in [1.82, 2.24) is 10.2 Å². The van der Waals surface area contributed by atoms with Gasteiger partial charge >= 0.3 is 0 Å². The van der Waals surface area contributed by atoms with Gasteiger partial charge in [0.1, 0.15) is 0 Å². The second kappa shape index (κ2) is 9.35. The molecule has 0 aliphatic carbocycles. The number of nitrogens with two attached hydrogens (primary N) is 1. The summed E-state index contributed by atoms with van der Waals surface area (Å²) >= 11 is 0. The van der Waals surface area contributed by atoms with E-state index >= 15 is 0 Å². The second-order valence-electron chi connectivity index (χ2n) is 5.94. The highest BCUT2D eigenvalue weighted by atomic mass is 127. The Morgan fingerprint density at radius 1 is 1.41 bits per heavy atom. The van der Waals surface area contributed by atoms with Crippen LogP contribution in [0.15, 0.2) is 23.2 Å². The third kappa shape index (κ3) is 5.43. The van der Waals surface area contributed by atoms with E-state index in [4.69, 9.17) is 5.73 Å². The molecule has 1 fully saturated rings. The van der Waals surface area contributed by atoms with E-state index in [-0.39, 0.29) is 24.0 Å². The van der Waals surface area contributed by atoms with Crippen molar-refractivity contribution in [2.24, 2.45) is 10.7 Å². The van der Waals surface area contributed by atoms with Crippen molar-refractivity contribution in [1.29, 1.82) is 0 Å². The molecule has 1 unspecified atom stereocenters. The fourth-order valence-corrected chi connectivity index (χ4v) is 3.01. The topological polar surface area (TPSA) is 53.6 Å². The molecule has 1 aliphatic rings. The summed E-state index contributed by atoms with van der Waals surface area (Å²) in [6, 6.07) is 7.05. The van der Waals surface area contributed by atoms with Gasteiger partial charge < -0.3 is 11.1 Å². The Morgan fingerprint density at radius 3 is 2.86 bits per heavy atom. The smallest absolute Gasteiger partial charge is 0.188 e. The molecule has 0 radical (unpaired) electrons. The van der Waals surface area contributed by atoms with Crippen LogP contribution in [0.4, 0.5) is 0 Å². The van der Waals surface area contributed by atoms with Crippen LogP contribution in [0.3, 0.4) is 0 Å². The lowest BCUT2D eigenvalue weighted by Crippen LogP contribution is -2.42. The van der Waals surface area contributed by atoms with Crippen LogP contribution < -0.4 is 11.1 Å². The first-order chi connectivity index (χ1) is 10.1. The molecule has 3 N–H and O–H groups in total. The molecule has 1 saturated heterocycles. The minimum absolute atomic E-state index is 0. The lowest BCUT2D eigenvalue weighted by atomic mass is 10.1. The van der Waals surface area contributed by atoms with E-state index in [1.165, 1.54) is 36.1 Å². The summed E-state index contributed by atoms with van der Waals surface area (Å²) in [5.41, 5.74) is 9.79. The van der Waals surface area contributed by atoms with Crippen LogP contribution in [-0.2, 0) is 6.54 Å². The molecule has 0 saturated carbocycles. The molecule has 1 aromatic rings. The first-order valence-corrected chi connectivity index (χ1v) is 7.94. The molecule has 0 bridgehead atoms. The van der Waals surface area contributed by atoms with Crippen molar-refractivity contribution in [3.05, 3.63) is 34.9 Å². The lowest BCUT2D eigenvalue weighted by Gasteiger charge is -2.23. The Labute approximate surface area is 151 Å². The van der Waals surface area contributed by atoms with Crippen molar-refractivity contribution < 1.29 is 0 Å². The van der Waals surface area contributed by atoms with Crippen LogP contribution in [-0.4, -0.2) is 36.5 Å². The van der Waals surface area contributed by atoms with Crippen LogP contribution in [0, 0.1) is 13.8 Å². The molecule has 0 amide bonds. The molecule has 4 nitrogen and oxygen atoms in total. The largest absolute Gasteiger partial charge is 0.370 e. The van der Waals surface area contributed by atoms with Crippen LogP contribution in [0.25, 0.3) is 0 Å². The second-order valence-corrected chi connectivity index (χ2v) is 5.94. The van der Waals surface area contributed by atoms with Gasteiger partial charge in [-0.3, -0.25) is 4.90 Å². The maximum Gasteiger partial charge on any atom is 0.188 e. The van der Waals surface area contributed by atoms with Crippen molar-refractivity contribution in [2.75, 3.05) is 19.6 Å². The van der Waals surface area contributed by atoms with Crippen molar-refractivity contribution in [3.8, 4) is 0 Å². The summed E-state index contributed by atoms with van der Waals surface area (Å²) < 4.78 is 0. The summed E-state index contributed by atoms with van der Waals surface area (Å²) in [6.07, 6.45) is 2.55. The van der Waals surface area contributed by atoms with Gasteiger partial charge in [-0.1, -0.05) is 30.7 Å². The zero-order valence-electron chi connectivity index (χ0n) is 13.9. The summed E-state index contributed by atoms with van der Waals surface area (Å²) in [4.78, 5) is 6.97. The fraction of sp³-hybridized carbons (Fsp3) is 0.588. The molecule has 22 heavy (non-hydrogen) atoms. The molecule has 124 valence electrons. The summed E-state index contributed by atoms with van der Waals surface area (Å²) in [5.74, 6) is 0.554. The van der Waals surface area contributed by atoms with Gasteiger partial charge in [0, 0.05) is 12.6 Å². The molecule has 1 heterocycles. The van der Waals surface area contributed by atoms with Gasteiger partial charge in [0.2, 0.25) is 0 Å². The third-order valence-corrected chi connectivity index (χ3v) is 4.34. The van der Waals surface area contributed by atoms with E-state index < -0.39 is 0 Å². The number of nitrogens with one attached hydrogen (secondary N) is 1. The fourth-order valence-electron chi connectivity index (χ4n) is 3.01. The van der Waals surface area contributed by atoms with E-state index in [1.807, 2.05) is 0 Å². The number of likely N-dealkylation sites (tertiary alicyclic amines) is 1. The number of rotatable bonds is 5. The average molecular weight is 416 g/mol. The molecule has 0 aromatic heterocycles. The molecule has 1 aliphatic heterocycles. The highest BCUT2D eigenvalue weighted by Gasteiger charge is 2.22. The summed E-state index contributed by atoms with van der Waals surface area (Å²) in [5, 5.41) is 3.28. The third-order valence-electron chi connectivity index (χ3n) is 4.34. The van der Waals surface area contributed by atoms with Crippen molar-refractivity contribution in [3.63, 3.8) is 0 Å². The first-order valence-electron chi connectivity index (χ1n) is 7.94. The quantitative estimate of drug-likeness (QED) is 0.441. The average Bonchev–Trinajstić information content (AvgIpc) is 2.91. The monoisotopic (exact) mass is 416 g/mol. The minimum atomic E-state index is 0. The van der Waals surface area contributed by atoms with Crippen LogP contribution in [0.5, 0.6) is 0 Å². The normalized spacial score (nSPS) is 19.0. The van der Waals surface area contributed by atoms with E-state index in [0.29, 0.717) is 18.5 Å². The number of halogens is 1. The Balaban J connectivity index is 0.00000242. The van der Waals surface area contributed by atoms with Crippen LogP contribution in [0.2, 0.25) is 0 Å². The molecule has 2 rings (SSSR count). The highest BCUT2D eigenvalue weighted by molar-refractivity contribution is 14.0. The molecule has 0 spiro atoms. The Hall–Kier alpha value is -0.820. The van der Waals surface area contributed by atoms with E-state index in [1.54, 1.807) is 0 Å². The zero-order chi connectivity index (χ0) is 15.2. The SMILES string of the molecule is CCN1CCCC1CNC(N)=NCc1ccc(C)cc1C.I. The molecule has 1 aromatic carbocycles. The Morgan fingerprint density at radius 2 is 2.18 bits per heavy atom. The van der Waals surface area contributed by atoms with E-state index in [0.717, 1.165) is 13.1 Å². The predicted octanol–water partition coefficient (Wildman–Crippen LogP) is 2.81. The number of benzene rings is 1. The maximum atomic E-state index is 5.99. The number of nitrogens with zero attached hydrogens (tertiary/aromatic N) is 2. The van der Waals surface area contributed by atoms with Gasteiger partial charge in [-0.15, -0.1) is 24.0 Å². The number of hydrogen-bond acceptors (Lipinski definition) is 2. The van der Waals surface area contributed by atoms with Crippen LogP contribution in [0.1, 0.15) is 36.5 Å². The first kappa shape index (κ1) is 19.2. The molecular weight excluding hydrogens is 387 g/mol. The minimum Gasteiger partial charge on any atom is -0.370 e. The van der Waals surface area contributed by atoms with Gasteiger partial charge in [-0.25, -0.2) is 4.99 Å². The Kier molecular flexibility index (Phi) is 8.17. The van der Waals surface area contributed by atoms with Gasteiger partial charge in [0.25, 0.3) is 0 Å². The predicted molar refractivity (Wildman–Crippen MR) is 105 cm³/mol. The maximum absolute atomic E-state index is 5.99. The number of hydrogen-bond donors (Lipinski definition) is 2. The van der Waals surface area contributed by atoms with Crippen molar-refractivity contribution >= 4 is 29.9 Å². The standard InChI is InChI=1S/C17H28N4.HI/c1-4-21-9-5-6-16(21)12-20-17(18)19-11-15-8-7-13(2)10-14(15)3;/h7-8,10,16H,4-6,9,11-12H2,1-3H3,(H3,18,19,20);1H. The molecule has 1 atom stereocenters. The van der Waals surface area contributed by atoms with Crippen molar-refractivity contribution in [2.45, 2.75) is 46.2 Å². The molecule has 5 heteroatoms. The number of aliphatic imine (C=N–C) groups is 1. The zero-order valence-corrected chi connectivity index (χ0v) is 16.3. The van der Waals surface area contributed by atoms with E-state index in [9.17, 15) is 0 Å². The number of guanidine groups is 1. The van der Waals surface area contributed by atoms with Gasteiger partial charge in [0.05, 0.1) is 6.54 Å². The molecular formula is C17H29IN4. The number of aryl methyl sites for hydroxylation is 2. The number of likely N-dealkylation sites (N-methyl/N-ethyl adjacent to an activating group) is 1. The van der Waals surface area contributed by atoms with E-state index in [2.05, 4.69) is 54.2 Å². The highest BCUT2D eigenvalue weighted by Crippen LogP contribution is 2.15. The summed E-state index contributed by atoms with van der Waals surface area (Å²) in [6.45, 7) is 10.3. The van der Waals surface area contributed by atoms with Gasteiger partial charge in [0.15, 0.2) is 5.96 Å². The Bertz CT molecular complexity index is 501. The van der Waals surface area contributed by atoms with Crippen LogP contribution >= 0.6 is 24.0 Å².